The lowest BCUT2D eigenvalue weighted by molar-refractivity contribution is -0.151. The number of aliphatic carboxylic acids is 1. The van der Waals surface area contributed by atoms with Gasteiger partial charge in [0, 0.05) is 25.4 Å². The Bertz CT molecular complexity index is 1090. The summed E-state index contributed by atoms with van der Waals surface area (Å²) in [6.07, 6.45) is 4.51. The highest BCUT2D eigenvalue weighted by atomic mass is 16.5. The lowest BCUT2D eigenvalue weighted by atomic mass is 9.94. The highest BCUT2D eigenvalue weighted by molar-refractivity contribution is 5.89. The Morgan fingerprint density at radius 2 is 1.60 bits per heavy atom. The monoisotopic (exact) mass is 476 g/mol. The van der Waals surface area contributed by atoms with Gasteiger partial charge >= 0.3 is 12.1 Å². The number of ether oxygens (including phenoxy) is 1. The van der Waals surface area contributed by atoms with E-state index >= 15 is 0 Å². The molecule has 7 heteroatoms. The zero-order chi connectivity index (χ0) is 24.6. The number of benzene rings is 2. The number of alkyl carbamates (subject to hydrolysis) is 1. The number of fused-ring (bicyclic) bond motifs is 3. The zero-order valence-electron chi connectivity index (χ0n) is 20.0. The smallest absolute Gasteiger partial charge is 0.407 e. The van der Waals surface area contributed by atoms with Crippen LogP contribution in [-0.4, -0.2) is 53.2 Å². The quantitative estimate of drug-likeness (QED) is 0.583. The van der Waals surface area contributed by atoms with Gasteiger partial charge in [0.15, 0.2) is 0 Å². The maximum atomic E-state index is 13.0. The molecule has 2 N–H and O–H groups in total. The maximum absolute atomic E-state index is 13.0. The van der Waals surface area contributed by atoms with Gasteiger partial charge < -0.3 is 20.1 Å². The molecule has 2 saturated carbocycles. The van der Waals surface area contributed by atoms with E-state index in [1.807, 2.05) is 24.3 Å². The van der Waals surface area contributed by atoms with E-state index in [0.717, 1.165) is 36.8 Å². The van der Waals surface area contributed by atoms with Crippen molar-refractivity contribution in [1.82, 2.24) is 10.2 Å². The third kappa shape index (κ3) is 4.40. The van der Waals surface area contributed by atoms with E-state index in [0.29, 0.717) is 12.8 Å². The molecule has 0 aromatic heterocycles. The first-order valence-electron chi connectivity index (χ1n) is 12.5. The van der Waals surface area contributed by atoms with Crippen molar-refractivity contribution in [2.24, 2.45) is 5.92 Å². The number of likely N-dealkylation sites (N-methyl/N-ethyl adjacent to an activating group) is 1. The predicted octanol–water partition coefficient (Wildman–Crippen LogP) is 4.55. The van der Waals surface area contributed by atoms with Crippen molar-refractivity contribution in [3.8, 4) is 11.1 Å². The molecule has 0 aliphatic heterocycles. The van der Waals surface area contributed by atoms with Crippen molar-refractivity contribution < 1.29 is 24.2 Å². The number of hydrogen-bond donors (Lipinski definition) is 2. The molecule has 0 radical (unpaired) electrons. The van der Waals surface area contributed by atoms with Crippen LogP contribution in [0.2, 0.25) is 0 Å². The summed E-state index contributed by atoms with van der Waals surface area (Å²) in [6, 6.07) is 16.0. The fraction of sp³-hybridized carbons (Fsp3) is 0.464. The van der Waals surface area contributed by atoms with Crippen LogP contribution in [0, 0.1) is 5.92 Å². The highest BCUT2D eigenvalue weighted by Crippen LogP contribution is 2.45. The highest BCUT2D eigenvalue weighted by Gasteiger charge is 2.55. The minimum absolute atomic E-state index is 0.0314. The average Bonchev–Trinajstić information content (AvgIpc) is 3.37. The van der Waals surface area contributed by atoms with Gasteiger partial charge in [0.2, 0.25) is 5.91 Å². The van der Waals surface area contributed by atoms with E-state index in [1.165, 1.54) is 16.0 Å². The van der Waals surface area contributed by atoms with Crippen LogP contribution in [0.3, 0.4) is 0 Å². The average molecular weight is 477 g/mol. The van der Waals surface area contributed by atoms with Gasteiger partial charge in [-0.1, -0.05) is 61.4 Å². The first-order chi connectivity index (χ1) is 16.9. The summed E-state index contributed by atoms with van der Waals surface area (Å²) >= 11 is 0. The van der Waals surface area contributed by atoms with Crippen molar-refractivity contribution in [2.75, 3.05) is 13.7 Å². The molecular weight excluding hydrogens is 444 g/mol. The molecule has 5 rings (SSSR count). The Morgan fingerprint density at radius 3 is 2.14 bits per heavy atom. The van der Waals surface area contributed by atoms with Crippen molar-refractivity contribution >= 4 is 18.0 Å². The molecule has 0 saturated heterocycles. The Kier molecular flexibility index (Phi) is 6.26. The summed E-state index contributed by atoms with van der Waals surface area (Å²) in [5.74, 6) is -1.06. The lowest BCUT2D eigenvalue weighted by Gasteiger charge is -2.29. The lowest BCUT2D eigenvalue weighted by Crippen LogP contribution is -2.49. The van der Waals surface area contributed by atoms with Crippen LogP contribution in [0.5, 0.6) is 0 Å². The Labute approximate surface area is 205 Å². The molecular formula is C28H32N2O5. The predicted molar refractivity (Wildman–Crippen MR) is 131 cm³/mol. The van der Waals surface area contributed by atoms with Gasteiger partial charge in [0.05, 0.1) is 0 Å². The molecule has 0 bridgehead atoms. The van der Waals surface area contributed by atoms with E-state index in [1.54, 1.807) is 7.05 Å². The topological polar surface area (TPSA) is 95.9 Å². The molecule has 184 valence electrons. The number of carbonyl (C=O) groups excluding carboxylic acids is 2. The molecule has 35 heavy (non-hydrogen) atoms. The SMILES string of the molecule is CN(C(=O)CC(NC(=O)OCC1c2ccccc2-c2ccccc21)C1CCCC1)C1(C(=O)O)CC1. The van der Waals surface area contributed by atoms with Gasteiger partial charge in [-0.2, -0.15) is 0 Å². The molecule has 2 aromatic rings. The number of rotatable bonds is 8. The molecule has 2 aromatic carbocycles. The number of nitrogens with zero attached hydrogens (tertiary/aromatic N) is 1. The third-order valence-electron chi connectivity index (χ3n) is 8.15. The molecule has 1 unspecified atom stereocenters. The Morgan fingerprint density at radius 1 is 1.03 bits per heavy atom. The van der Waals surface area contributed by atoms with Crippen molar-refractivity contribution in [1.29, 1.82) is 0 Å². The number of hydrogen-bond acceptors (Lipinski definition) is 4. The number of nitrogens with one attached hydrogen (secondary N) is 1. The zero-order valence-corrected chi connectivity index (χ0v) is 20.0. The second kappa shape index (κ2) is 9.36. The van der Waals surface area contributed by atoms with E-state index in [4.69, 9.17) is 4.74 Å². The van der Waals surface area contributed by atoms with Gasteiger partial charge in [0.25, 0.3) is 0 Å². The third-order valence-corrected chi connectivity index (χ3v) is 8.15. The first kappa shape index (κ1) is 23.4. The van der Waals surface area contributed by atoms with Crippen LogP contribution in [-0.2, 0) is 14.3 Å². The van der Waals surface area contributed by atoms with E-state index in [9.17, 15) is 19.5 Å². The minimum atomic E-state index is -1.08. The van der Waals surface area contributed by atoms with Gasteiger partial charge in [-0.25, -0.2) is 9.59 Å². The van der Waals surface area contributed by atoms with Crippen molar-refractivity contribution in [3.63, 3.8) is 0 Å². The van der Waals surface area contributed by atoms with Crippen LogP contribution in [0.25, 0.3) is 11.1 Å². The van der Waals surface area contributed by atoms with Crippen LogP contribution < -0.4 is 5.32 Å². The van der Waals surface area contributed by atoms with Crippen molar-refractivity contribution in [2.45, 2.75) is 62.4 Å². The van der Waals surface area contributed by atoms with Crippen LogP contribution in [0.15, 0.2) is 48.5 Å². The van der Waals surface area contributed by atoms with E-state index < -0.39 is 17.6 Å². The van der Waals surface area contributed by atoms with Gasteiger partial charge in [-0.05, 0) is 53.9 Å². The standard InChI is InChI=1S/C28H32N2O5/c1-30(28(14-15-28)26(32)33)25(31)16-24(18-8-2-3-9-18)29-27(34)35-17-23-21-12-6-4-10-19(21)20-11-5-7-13-22(20)23/h4-7,10-13,18,23-24H,2-3,8-9,14-17H2,1H3,(H,29,34)(H,32,33). The second-order valence-electron chi connectivity index (χ2n) is 10.1. The first-order valence-corrected chi connectivity index (χ1v) is 12.5. The summed E-state index contributed by atoms with van der Waals surface area (Å²) in [7, 11) is 1.56. The second-order valence-corrected chi connectivity index (χ2v) is 10.1. The maximum Gasteiger partial charge on any atom is 0.407 e. The summed E-state index contributed by atoms with van der Waals surface area (Å²) in [4.78, 5) is 38.9. The van der Waals surface area contributed by atoms with Crippen molar-refractivity contribution in [3.05, 3.63) is 59.7 Å². The summed E-state index contributed by atoms with van der Waals surface area (Å²) in [6.45, 7) is 0.215. The van der Waals surface area contributed by atoms with Gasteiger partial charge in [0.1, 0.15) is 12.1 Å². The molecule has 0 heterocycles. The number of amides is 2. The summed E-state index contributed by atoms with van der Waals surface area (Å²) in [5, 5.41) is 12.5. The summed E-state index contributed by atoms with van der Waals surface area (Å²) < 4.78 is 5.72. The minimum Gasteiger partial charge on any atom is -0.479 e. The number of carboxylic acid groups (broad SMARTS) is 1. The van der Waals surface area contributed by atoms with Crippen LogP contribution >= 0.6 is 0 Å². The normalized spacial score (nSPS) is 18.9. The molecule has 0 spiro atoms. The summed E-state index contributed by atoms with van der Waals surface area (Å²) in [5.41, 5.74) is 3.55. The fourth-order valence-electron chi connectivity index (χ4n) is 5.86. The number of carboxylic acids is 1. The molecule has 7 nitrogen and oxygen atoms in total. The molecule has 1 atom stereocenters. The van der Waals surface area contributed by atoms with Gasteiger partial charge in [-0.3, -0.25) is 4.79 Å². The molecule has 2 amide bonds. The Hall–Kier alpha value is -3.35. The molecule has 3 aliphatic carbocycles. The fourth-order valence-corrected chi connectivity index (χ4v) is 5.86. The van der Waals surface area contributed by atoms with Crippen LogP contribution in [0.1, 0.15) is 62.0 Å². The molecule has 2 fully saturated rings. The van der Waals surface area contributed by atoms with E-state index in [-0.39, 0.29) is 36.8 Å². The van der Waals surface area contributed by atoms with Gasteiger partial charge in [-0.15, -0.1) is 0 Å². The Balaban J connectivity index is 1.25. The molecule has 3 aliphatic rings. The van der Waals surface area contributed by atoms with E-state index in [2.05, 4.69) is 29.6 Å². The van der Waals surface area contributed by atoms with Crippen LogP contribution in [0.4, 0.5) is 4.79 Å². The largest absolute Gasteiger partial charge is 0.479 e. The number of carbonyl (C=O) groups is 3.